The average Bonchev–Trinajstić information content (AvgIpc) is 3.42. The molecule has 1 saturated carbocycles. The van der Waals surface area contributed by atoms with Gasteiger partial charge in [0.25, 0.3) is 16.8 Å². The number of aromatic nitrogens is 2. The zero-order valence-electron chi connectivity index (χ0n) is 20.5. The van der Waals surface area contributed by atoms with Crippen LogP contribution >= 0.6 is 11.8 Å². The van der Waals surface area contributed by atoms with Gasteiger partial charge in [-0.05, 0) is 31.0 Å². The van der Waals surface area contributed by atoms with Gasteiger partial charge in [-0.15, -0.1) is 10.2 Å². The Bertz CT molecular complexity index is 1240. The van der Waals surface area contributed by atoms with Gasteiger partial charge in [0, 0.05) is 38.3 Å². The van der Waals surface area contributed by atoms with E-state index in [4.69, 9.17) is 4.42 Å². The lowest BCUT2D eigenvalue weighted by atomic mass is 9.94. The van der Waals surface area contributed by atoms with E-state index in [1.807, 2.05) is 18.2 Å². The van der Waals surface area contributed by atoms with E-state index in [1.54, 1.807) is 18.2 Å². The van der Waals surface area contributed by atoms with E-state index in [0.717, 1.165) is 55.4 Å². The Hall–Kier alpha value is -3.44. The van der Waals surface area contributed by atoms with E-state index in [0.29, 0.717) is 0 Å². The number of carbonyl (C=O) groups is 1. The summed E-state index contributed by atoms with van der Waals surface area (Å²) in [5, 5.41) is 22.3. The van der Waals surface area contributed by atoms with E-state index in [1.165, 1.54) is 38.2 Å². The maximum atomic E-state index is 12.8. The summed E-state index contributed by atoms with van der Waals surface area (Å²) in [6.45, 7) is 3.97. The molecule has 194 valence electrons. The lowest BCUT2D eigenvalue weighted by Gasteiger charge is -2.42. The van der Waals surface area contributed by atoms with E-state index < -0.39 is 4.92 Å². The van der Waals surface area contributed by atoms with E-state index in [9.17, 15) is 14.9 Å². The molecule has 37 heavy (non-hydrogen) atoms. The first kappa shape index (κ1) is 25.2. The van der Waals surface area contributed by atoms with Crippen LogP contribution < -0.4 is 10.2 Å². The first-order valence-corrected chi connectivity index (χ1v) is 13.6. The Morgan fingerprint density at radius 1 is 1.03 bits per heavy atom. The second kappa shape index (κ2) is 11.7. The normalized spacial score (nSPS) is 17.0. The van der Waals surface area contributed by atoms with Gasteiger partial charge >= 0.3 is 0 Å². The number of benzene rings is 2. The zero-order chi connectivity index (χ0) is 25.6. The smallest absolute Gasteiger partial charge is 0.282 e. The summed E-state index contributed by atoms with van der Waals surface area (Å²) in [7, 11) is 0. The summed E-state index contributed by atoms with van der Waals surface area (Å²) in [5.74, 6) is -0.0703. The van der Waals surface area contributed by atoms with Gasteiger partial charge in [0.05, 0.1) is 22.1 Å². The Kier molecular flexibility index (Phi) is 8.00. The number of anilines is 2. The van der Waals surface area contributed by atoms with Crippen LogP contribution in [0.1, 0.15) is 32.1 Å². The molecule has 10 nitrogen and oxygen atoms in total. The van der Waals surface area contributed by atoms with Gasteiger partial charge in [0.1, 0.15) is 5.56 Å². The predicted octanol–water partition coefficient (Wildman–Crippen LogP) is 4.83. The zero-order valence-corrected chi connectivity index (χ0v) is 21.4. The van der Waals surface area contributed by atoms with Crippen molar-refractivity contribution in [2.24, 2.45) is 0 Å². The van der Waals surface area contributed by atoms with Crippen LogP contribution in [0.4, 0.5) is 17.1 Å². The highest BCUT2D eigenvalue weighted by atomic mass is 32.2. The second-order valence-electron chi connectivity index (χ2n) is 9.32. The molecule has 11 heteroatoms. The van der Waals surface area contributed by atoms with Crippen LogP contribution in [0.5, 0.6) is 0 Å². The van der Waals surface area contributed by atoms with Gasteiger partial charge in [-0.1, -0.05) is 55.3 Å². The molecule has 1 saturated heterocycles. The number of carbonyl (C=O) groups excluding carboxylic acids is 1. The number of nitrogens with zero attached hydrogens (tertiary/aromatic N) is 5. The Morgan fingerprint density at radius 2 is 1.76 bits per heavy atom. The Balaban J connectivity index is 1.17. The quantitative estimate of drug-likeness (QED) is 0.252. The molecule has 0 bridgehead atoms. The summed E-state index contributed by atoms with van der Waals surface area (Å²) >= 11 is 1.09. The first-order chi connectivity index (χ1) is 18.1. The van der Waals surface area contributed by atoms with E-state index >= 15 is 0 Å². The van der Waals surface area contributed by atoms with Crippen LogP contribution in [0.2, 0.25) is 0 Å². The standard InChI is InChI=1S/C26H30N6O4S/c33-24(18-37-26-29-28-25(36-26)20-10-4-6-12-22(20)32(34)35)27-21-11-5-7-13-23(21)31-16-14-30(15-17-31)19-8-2-1-3-9-19/h4-7,10-13,19H,1-3,8-9,14-18H2,(H,27,33). The average molecular weight is 523 g/mol. The number of hydrogen-bond donors (Lipinski definition) is 1. The molecule has 1 aliphatic heterocycles. The maximum absolute atomic E-state index is 12.8. The third-order valence-electron chi connectivity index (χ3n) is 6.99. The van der Waals surface area contributed by atoms with Crippen molar-refractivity contribution < 1.29 is 14.1 Å². The maximum Gasteiger partial charge on any atom is 0.282 e. The summed E-state index contributed by atoms with van der Waals surface area (Å²) in [5.41, 5.74) is 1.94. The van der Waals surface area contributed by atoms with Gasteiger partial charge < -0.3 is 14.6 Å². The number of rotatable bonds is 8. The van der Waals surface area contributed by atoms with Crippen LogP contribution in [0.3, 0.4) is 0 Å². The monoisotopic (exact) mass is 522 g/mol. The lowest BCUT2D eigenvalue weighted by molar-refractivity contribution is -0.384. The minimum absolute atomic E-state index is 0.0490. The molecule has 0 unspecified atom stereocenters. The minimum Gasteiger partial charge on any atom is -0.411 e. The third kappa shape index (κ3) is 6.11. The van der Waals surface area contributed by atoms with Crippen LogP contribution in [0, 0.1) is 10.1 Å². The number of amides is 1. The van der Waals surface area contributed by atoms with Crippen molar-refractivity contribution in [2.75, 3.05) is 42.1 Å². The molecule has 1 aromatic heterocycles. The molecule has 1 amide bonds. The number of nitro groups is 1. The highest BCUT2D eigenvalue weighted by Gasteiger charge is 2.26. The molecule has 3 aromatic rings. The largest absolute Gasteiger partial charge is 0.411 e. The Morgan fingerprint density at radius 3 is 2.54 bits per heavy atom. The number of para-hydroxylation sites is 3. The van der Waals surface area contributed by atoms with Gasteiger partial charge in [0.15, 0.2) is 0 Å². The minimum atomic E-state index is -0.493. The lowest BCUT2D eigenvalue weighted by Crippen LogP contribution is -2.51. The highest BCUT2D eigenvalue weighted by molar-refractivity contribution is 7.99. The van der Waals surface area contributed by atoms with Crippen molar-refractivity contribution in [3.8, 4) is 11.5 Å². The summed E-state index contributed by atoms with van der Waals surface area (Å²) in [4.78, 5) is 28.5. The van der Waals surface area contributed by atoms with Crippen molar-refractivity contribution in [3.63, 3.8) is 0 Å². The summed E-state index contributed by atoms with van der Waals surface area (Å²) in [6.07, 6.45) is 6.68. The molecule has 2 heterocycles. The molecular weight excluding hydrogens is 492 g/mol. The van der Waals surface area contributed by atoms with Gasteiger partial charge in [-0.2, -0.15) is 0 Å². The fraction of sp³-hybridized carbons (Fsp3) is 0.423. The summed E-state index contributed by atoms with van der Waals surface area (Å²) in [6, 6.07) is 14.8. The fourth-order valence-electron chi connectivity index (χ4n) is 5.13. The SMILES string of the molecule is O=C(CSc1nnc(-c2ccccc2[N+](=O)[O-])o1)Nc1ccccc1N1CCN(C2CCCCC2)CC1. The van der Waals surface area contributed by atoms with Crippen molar-refractivity contribution >= 4 is 34.7 Å². The number of nitro benzene ring substituents is 1. The third-order valence-corrected chi connectivity index (χ3v) is 7.81. The first-order valence-electron chi connectivity index (χ1n) is 12.7. The molecule has 1 aliphatic carbocycles. The van der Waals surface area contributed by atoms with Crippen LogP contribution in [-0.4, -0.2) is 63.9 Å². The molecule has 0 atom stereocenters. The molecule has 2 aromatic carbocycles. The highest BCUT2D eigenvalue weighted by Crippen LogP contribution is 2.31. The van der Waals surface area contributed by atoms with Crippen LogP contribution in [0.25, 0.3) is 11.5 Å². The van der Waals surface area contributed by atoms with Gasteiger partial charge in [-0.3, -0.25) is 19.8 Å². The van der Waals surface area contributed by atoms with Crippen LogP contribution in [-0.2, 0) is 4.79 Å². The predicted molar refractivity (Wildman–Crippen MR) is 143 cm³/mol. The van der Waals surface area contributed by atoms with Crippen molar-refractivity contribution in [1.29, 1.82) is 0 Å². The molecule has 0 spiro atoms. The van der Waals surface area contributed by atoms with Gasteiger partial charge in [-0.25, -0.2) is 0 Å². The topological polar surface area (TPSA) is 118 Å². The molecule has 2 aliphatic rings. The van der Waals surface area contributed by atoms with Gasteiger partial charge in [0.2, 0.25) is 5.91 Å². The molecule has 5 rings (SSSR count). The van der Waals surface area contributed by atoms with Crippen LogP contribution in [0.15, 0.2) is 58.2 Å². The number of hydrogen-bond acceptors (Lipinski definition) is 9. The molecule has 1 N–H and O–H groups in total. The van der Waals surface area contributed by atoms with Crippen molar-refractivity contribution in [1.82, 2.24) is 15.1 Å². The van der Waals surface area contributed by atoms with Crippen molar-refractivity contribution in [2.45, 2.75) is 43.4 Å². The second-order valence-corrected chi connectivity index (χ2v) is 10.2. The molecule has 0 radical (unpaired) electrons. The fourth-order valence-corrected chi connectivity index (χ4v) is 5.70. The number of piperazine rings is 1. The molecule has 2 fully saturated rings. The number of nitrogens with one attached hydrogen (secondary N) is 1. The van der Waals surface area contributed by atoms with E-state index in [2.05, 4.69) is 31.4 Å². The summed E-state index contributed by atoms with van der Waals surface area (Å²) < 4.78 is 5.58. The van der Waals surface area contributed by atoms with E-state index in [-0.39, 0.29) is 34.0 Å². The molecular formula is C26H30N6O4S. The van der Waals surface area contributed by atoms with Crippen molar-refractivity contribution in [3.05, 3.63) is 58.6 Å². The number of thioether (sulfide) groups is 1. The Labute approximate surface area is 219 Å².